The van der Waals surface area contributed by atoms with Crippen LogP contribution in [0.4, 0.5) is 0 Å². The summed E-state index contributed by atoms with van der Waals surface area (Å²) in [6.07, 6.45) is 1.98. The Labute approximate surface area is 158 Å². The Kier molecular flexibility index (Phi) is 6.19. The van der Waals surface area contributed by atoms with Crippen molar-refractivity contribution < 1.29 is 13.2 Å². The fourth-order valence-corrected chi connectivity index (χ4v) is 3.14. The molecule has 0 spiro atoms. The molecular weight excluding hydrogens is 383 g/mol. The summed E-state index contributed by atoms with van der Waals surface area (Å²) in [7, 11) is -2.22. The summed E-state index contributed by atoms with van der Waals surface area (Å²) in [5, 5.41) is 5.50. The largest absolute Gasteiger partial charge is 0.351 e. The van der Waals surface area contributed by atoms with Crippen LogP contribution in [0.2, 0.25) is 10.0 Å². The fraction of sp³-hybridized carbons (Fsp3) is 0.412. The number of nitrogens with zero attached hydrogens (tertiary/aromatic N) is 1. The van der Waals surface area contributed by atoms with Gasteiger partial charge >= 0.3 is 0 Å². The number of hydrogen-bond donors (Lipinski definition) is 1. The van der Waals surface area contributed by atoms with Crippen molar-refractivity contribution in [2.24, 2.45) is 5.41 Å². The van der Waals surface area contributed by atoms with Gasteiger partial charge in [0, 0.05) is 30.0 Å². The zero-order chi connectivity index (χ0) is 18.8. The van der Waals surface area contributed by atoms with Gasteiger partial charge in [0.15, 0.2) is 0 Å². The summed E-state index contributed by atoms with van der Waals surface area (Å²) in [6, 6.07) is 3.40. The molecule has 1 aromatic heterocycles. The molecule has 0 bridgehead atoms. The summed E-state index contributed by atoms with van der Waals surface area (Å²) < 4.78 is 23.1. The highest BCUT2D eigenvalue weighted by Crippen LogP contribution is 2.34. The molecule has 0 aliphatic carbocycles. The molecule has 0 radical (unpaired) electrons. The third-order valence-corrected chi connectivity index (χ3v) is 4.88. The number of nitrogens with one attached hydrogen (secondary N) is 1. The molecule has 25 heavy (non-hydrogen) atoms. The van der Waals surface area contributed by atoms with Gasteiger partial charge in [0.2, 0.25) is 10.3 Å². The molecule has 0 aliphatic heterocycles. The molecule has 0 aliphatic rings. The van der Waals surface area contributed by atoms with Crippen LogP contribution in [0, 0.1) is 5.41 Å². The normalized spacial score (nSPS) is 11.6. The Morgan fingerprint density at radius 2 is 1.96 bits per heavy atom. The fourth-order valence-electron chi connectivity index (χ4n) is 2.41. The third kappa shape index (κ3) is 5.00. The van der Waals surface area contributed by atoms with E-state index in [-0.39, 0.29) is 11.3 Å². The summed E-state index contributed by atoms with van der Waals surface area (Å²) in [4.78, 5) is 12.6. The van der Waals surface area contributed by atoms with Crippen LogP contribution in [0.15, 0.2) is 18.3 Å². The zero-order valence-electron chi connectivity index (χ0n) is 14.3. The summed E-state index contributed by atoms with van der Waals surface area (Å²) in [5.74, 6) is -0.201. The van der Waals surface area contributed by atoms with Crippen LogP contribution in [-0.2, 0) is 16.8 Å². The highest BCUT2D eigenvalue weighted by atomic mass is 35.5. The topological polar surface area (TPSA) is 68.2 Å². The second kappa shape index (κ2) is 7.81. The van der Waals surface area contributed by atoms with Gasteiger partial charge in [0.1, 0.15) is 0 Å². The average molecular weight is 403 g/mol. The Hall–Kier alpha value is -1.50. The van der Waals surface area contributed by atoms with Crippen LogP contribution in [0.25, 0.3) is 10.9 Å². The predicted molar refractivity (Wildman–Crippen MR) is 103 cm³/mol. The highest BCUT2D eigenvalue weighted by Gasteiger charge is 2.20. The molecular formula is C17H20Cl2N2O3S. The molecule has 0 fully saturated rings. The van der Waals surface area contributed by atoms with Crippen molar-refractivity contribution in [2.75, 3.05) is 6.54 Å². The first kappa shape index (κ1) is 19.8. The third-order valence-electron chi connectivity index (χ3n) is 3.58. The molecule has 1 N–H and O–H groups in total. The number of aromatic nitrogens is 1. The lowest BCUT2D eigenvalue weighted by Gasteiger charge is -2.18. The summed E-state index contributed by atoms with van der Waals surface area (Å²) in [5.41, 5.74) is 1.07. The van der Waals surface area contributed by atoms with Crippen LogP contribution in [-0.4, -0.2) is 30.8 Å². The van der Waals surface area contributed by atoms with E-state index in [1.807, 2.05) is 20.8 Å². The second-order valence-electron chi connectivity index (χ2n) is 6.95. The zero-order valence-corrected chi connectivity index (χ0v) is 16.6. The predicted octanol–water partition coefficient (Wildman–Crippen LogP) is 3.80. The Morgan fingerprint density at radius 3 is 2.56 bits per heavy atom. The smallest absolute Gasteiger partial charge is 0.253 e. The maximum atomic E-state index is 12.6. The van der Waals surface area contributed by atoms with Crippen molar-refractivity contribution in [3.8, 4) is 0 Å². The lowest BCUT2D eigenvalue weighted by atomic mass is 9.97. The van der Waals surface area contributed by atoms with Crippen LogP contribution in [0.1, 0.15) is 37.6 Å². The van der Waals surface area contributed by atoms with Gasteiger partial charge in [-0.2, -0.15) is 8.42 Å². The number of hydrogen-bond acceptors (Lipinski definition) is 3. The number of carbonyl (C=O) groups is 1. The molecule has 1 amide bonds. The summed E-state index contributed by atoms with van der Waals surface area (Å²) in [6.45, 7) is 7.00. The molecule has 2 rings (SSSR count). The number of carbonyl (C=O) groups excluding carboxylic acids is 1. The van der Waals surface area contributed by atoms with E-state index in [2.05, 4.69) is 5.32 Å². The van der Waals surface area contributed by atoms with E-state index in [9.17, 15) is 13.2 Å². The monoisotopic (exact) mass is 402 g/mol. The van der Waals surface area contributed by atoms with Gasteiger partial charge in [-0.15, -0.1) is 0 Å². The lowest BCUT2D eigenvalue weighted by Crippen LogP contribution is -2.32. The molecule has 0 unspecified atom stereocenters. The minimum Gasteiger partial charge on any atom is -0.351 e. The maximum Gasteiger partial charge on any atom is 0.253 e. The molecule has 0 saturated heterocycles. The van der Waals surface area contributed by atoms with Crippen molar-refractivity contribution in [3.05, 3.63) is 33.9 Å². The number of halogens is 2. The van der Waals surface area contributed by atoms with E-state index >= 15 is 0 Å². The van der Waals surface area contributed by atoms with E-state index in [1.54, 1.807) is 22.9 Å². The number of amides is 1. The van der Waals surface area contributed by atoms with E-state index < -0.39 is 10.3 Å². The van der Waals surface area contributed by atoms with Crippen molar-refractivity contribution in [1.29, 1.82) is 0 Å². The Bertz CT molecular complexity index is 933. The summed E-state index contributed by atoms with van der Waals surface area (Å²) >= 11 is 12.4. The quantitative estimate of drug-likeness (QED) is 0.773. The average Bonchev–Trinajstić information content (AvgIpc) is 2.87. The molecule has 1 aromatic carbocycles. The molecule has 1 heterocycles. The van der Waals surface area contributed by atoms with E-state index in [1.165, 1.54) is 5.37 Å². The van der Waals surface area contributed by atoms with Gasteiger partial charge in [0.05, 0.1) is 21.1 Å². The number of rotatable bonds is 5. The molecule has 0 atom stereocenters. The van der Waals surface area contributed by atoms with Gasteiger partial charge in [-0.1, -0.05) is 50.0 Å². The first-order valence-corrected chi connectivity index (χ1v) is 9.66. The number of fused-ring (bicyclic) bond motifs is 1. The molecule has 2 aromatic rings. The number of aryl methyl sites for hydroxylation is 1. The van der Waals surface area contributed by atoms with Gasteiger partial charge in [-0.05, 0) is 17.9 Å². The van der Waals surface area contributed by atoms with Crippen molar-refractivity contribution in [3.63, 3.8) is 0 Å². The maximum absolute atomic E-state index is 12.6. The van der Waals surface area contributed by atoms with Gasteiger partial charge in [-0.3, -0.25) is 4.79 Å². The van der Waals surface area contributed by atoms with Crippen molar-refractivity contribution in [2.45, 2.75) is 33.7 Å². The Morgan fingerprint density at radius 1 is 1.28 bits per heavy atom. The van der Waals surface area contributed by atoms with Gasteiger partial charge in [0.25, 0.3) is 5.91 Å². The van der Waals surface area contributed by atoms with Crippen LogP contribution < -0.4 is 5.32 Å². The van der Waals surface area contributed by atoms with Crippen LogP contribution in [0.3, 0.4) is 0 Å². The number of benzene rings is 1. The molecule has 5 nitrogen and oxygen atoms in total. The standard InChI is InChI=1S/C17H20Cl2N2O3S/c1-17(2,3)10-20-16(22)12-9-21(7-4-8-25(23)24)15-11(12)5-6-13(18)14(15)19/h5-6,8-9H,4,7,10H2,1-3H3,(H,20,22). The highest BCUT2D eigenvalue weighted by molar-refractivity contribution is 7.71. The molecule has 0 saturated carbocycles. The minimum absolute atomic E-state index is 0.0396. The van der Waals surface area contributed by atoms with Crippen molar-refractivity contribution in [1.82, 2.24) is 9.88 Å². The van der Waals surface area contributed by atoms with E-state index in [0.717, 1.165) is 0 Å². The molecule has 136 valence electrons. The second-order valence-corrected chi connectivity index (χ2v) is 8.59. The minimum atomic E-state index is -2.22. The van der Waals surface area contributed by atoms with Gasteiger partial charge < -0.3 is 9.88 Å². The van der Waals surface area contributed by atoms with Gasteiger partial charge in [-0.25, -0.2) is 0 Å². The first-order chi connectivity index (χ1) is 11.6. The Balaban J connectivity index is 2.45. The molecule has 8 heteroatoms. The van der Waals surface area contributed by atoms with E-state index in [4.69, 9.17) is 23.2 Å². The SMILES string of the molecule is CC(C)(C)CNC(=O)c1cn(CCC=S(=O)=O)c2c(Cl)c(Cl)ccc12. The van der Waals surface area contributed by atoms with Crippen LogP contribution >= 0.6 is 23.2 Å². The lowest BCUT2D eigenvalue weighted by molar-refractivity contribution is 0.0940. The first-order valence-electron chi connectivity index (χ1n) is 7.76. The van der Waals surface area contributed by atoms with Crippen molar-refractivity contribution >= 4 is 55.7 Å². The van der Waals surface area contributed by atoms with Crippen LogP contribution in [0.5, 0.6) is 0 Å². The van der Waals surface area contributed by atoms with E-state index in [0.29, 0.717) is 46.0 Å².